The van der Waals surface area contributed by atoms with Gasteiger partial charge in [-0.15, -0.1) is 0 Å². The number of aryl methyl sites for hydroxylation is 3. The van der Waals surface area contributed by atoms with Crippen molar-refractivity contribution in [3.8, 4) is 5.75 Å². The second kappa shape index (κ2) is 5.37. The molecule has 0 radical (unpaired) electrons. The van der Waals surface area contributed by atoms with Crippen molar-refractivity contribution < 1.29 is 9.90 Å². The maximum Gasteiger partial charge on any atom is 0.258 e. The molecule has 0 saturated carbocycles. The Morgan fingerprint density at radius 3 is 2.00 bits per heavy atom. The number of hydrogen-bond acceptors (Lipinski definition) is 2. The van der Waals surface area contributed by atoms with Gasteiger partial charge in [0.2, 0.25) is 0 Å². The summed E-state index contributed by atoms with van der Waals surface area (Å²) in [4.78, 5) is 14.2. The lowest BCUT2D eigenvalue weighted by Crippen LogP contribution is -2.27. The number of phenols is 1. The predicted octanol–water partition coefficient (Wildman–Crippen LogP) is 3.59. The van der Waals surface area contributed by atoms with Gasteiger partial charge in [-0.3, -0.25) is 4.79 Å². The van der Waals surface area contributed by atoms with E-state index >= 15 is 0 Å². The van der Waals surface area contributed by atoms with Crippen molar-refractivity contribution in [3.05, 3.63) is 58.7 Å². The van der Waals surface area contributed by atoms with E-state index in [4.69, 9.17) is 0 Å². The normalized spacial score (nSPS) is 10.4. The molecule has 0 fully saturated rings. The highest BCUT2D eigenvalue weighted by molar-refractivity contribution is 6.07. The van der Waals surface area contributed by atoms with Crippen molar-refractivity contribution in [2.45, 2.75) is 20.8 Å². The molecule has 20 heavy (non-hydrogen) atoms. The van der Waals surface area contributed by atoms with Crippen LogP contribution >= 0.6 is 0 Å². The smallest absolute Gasteiger partial charge is 0.258 e. The van der Waals surface area contributed by atoms with Gasteiger partial charge in [0.05, 0.1) is 0 Å². The van der Waals surface area contributed by atoms with E-state index in [1.54, 1.807) is 36.2 Å². The minimum atomic E-state index is -0.0364. The molecule has 1 N–H and O–H groups in total. The summed E-state index contributed by atoms with van der Waals surface area (Å²) in [6.45, 7) is 5.94. The van der Waals surface area contributed by atoms with E-state index < -0.39 is 0 Å². The van der Waals surface area contributed by atoms with Crippen LogP contribution in [0, 0.1) is 20.8 Å². The Bertz CT molecular complexity index is 622. The molecule has 3 heteroatoms. The summed E-state index contributed by atoms with van der Waals surface area (Å²) in [6, 6.07) is 10.6. The number of benzene rings is 2. The number of carbonyl (C=O) groups excluding carboxylic acids is 1. The molecule has 2 aromatic carbocycles. The molecule has 3 nitrogen and oxygen atoms in total. The highest BCUT2D eigenvalue weighted by Gasteiger charge is 2.18. The third-order valence-electron chi connectivity index (χ3n) is 3.43. The van der Waals surface area contributed by atoms with E-state index in [1.807, 2.05) is 32.9 Å². The zero-order chi connectivity index (χ0) is 14.9. The number of amides is 1. The fourth-order valence-corrected chi connectivity index (χ4v) is 2.48. The third kappa shape index (κ3) is 2.67. The molecule has 0 aliphatic heterocycles. The van der Waals surface area contributed by atoms with E-state index in [2.05, 4.69) is 0 Å². The van der Waals surface area contributed by atoms with Gasteiger partial charge in [-0.05, 0) is 56.2 Å². The van der Waals surface area contributed by atoms with Gasteiger partial charge in [0, 0.05) is 18.3 Å². The molecule has 2 aromatic rings. The largest absolute Gasteiger partial charge is 0.508 e. The number of hydrogen-bond donors (Lipinski definition) is 1. The van der Waals surface area contributed by atoms with Gasteiger partial charge in [-0.25, -0.2) is 0 Å². The molecular weight excluding hydrogens is 250 g/mol. The molecule has 2 rings (SSSR count). The summed E-state index contributed by atoms with van der Waals surface area (Å²) in [5, 5.41) is 9.31. The van der Waals surface area contributed by atoms with Crippen molar-refractivity contribution in [2.75, 3.05) is 11.9 Å². The van der Waals surface area contributed by atoms with E-state index in [0.717, 1.165) is 27.9 Å². The highest BCUT2D eigenvalue weighted by Crippen LogP contribution is 2.23. The summed E-state index contributed by atoms with van der Waals surface area (Å²) in [5.41, 5.74) is 4.62. The van der Waals surface area contributed by atoms with Gasteiger partial charge in [0.15, 0.2) is 0 Å². The SMILES string of the molecule is Cc1cc(C)c(C(=O)N(C)c2ccc(O)cc2)c(C)c1. The van der Waals surface area contributed by atoms with Crippen molar-refractivity contribution in [3.63, 3.8) is 0 Å². The van der Waals surface area contributed by atoms with Crippen LogP contribution in [0.3, 0.4) is 0 Å². The molecular formula is C17H19NO2. The van der Waals surface area contributed by atoms with Gasteiger partial charge < -0.3 is 10.0 Å². The number of anilines is 1. The van der Waals surface area contributed by atoms with Crippen LogP contribution in [0.2, 0.25) is 0 Å². The Kier molecular flexibility index (Phi) is 3.79. The molecule has 1 amide bonds. The monoisotopic (exact) mass is 269 g/mol. The van der Waals surface area contributed by atoms with Crippen LogP contribution in [0.5, 0.6) is 5.75 Å². The first-order valence-electron chi connectivity index (χ1n) is 6.55. The van der Waals surface area contributed by atoms with E-state index in [-0.39, 0.29) is 11.7 Å². The summed E-state index contributed by atoms with van der Waals surface area (Å²) in [7, 11) is 1.74. The molecule has 0 saturated heterocycles. The number of phenolic OH excluding ortho intramolecular Hbond substituents is 1. The lowest BCUT2D eigenvalue weighted by Gasteiger charge is -2.20. The van der Waals surface area contributed by atoms with Crippen molar-refractivity contribution in [2.24, 2.45) is 0 Å². The fourth-order valence-electron chi connectivity index (χ4n) is 2.48. The van der Waals surface area contributed by atoms with Gasteiger partial charge >= 0.3 is 0 Å². The van der Waals surface area contributed by atoms with Gasteiger partial charge in [0.25, 0.3) is 5.91 Å². The summed E-state index contributed by atoms with van der Waals surface area (Å²) < 4.78 is 0. The zero-order valence-corrected chi connectivity index (χ0v) is 12.3. The first-order valence-corrected chi connectivity index (χ1v) is 6.55. The molecule has 0 heterocycles. The van der Waals surface area contributed by atoms with Crippen LogP contribution in [0.1, 0.15) is 27.0 Å². The predicted molar refractivity (Wildman–Crippen MR) is 81.5 cm³/mol. The molecule has 0 aliphatic rings. The molecule has 0 spiro atoms. The molecule has 0 aromatic heterocycles. The Hall–Kier alpha value is -2.29. The second-order valence-electron chi connectivity index (χ2n) is 5.15. The lowest BCUT2D eigenvalue weighted by atomic mass is 9.98. The highest BCUT2D eigenvalue weighted by atomic mass is 16.3. The Labute approximate surface area is 119 Å². The van der Waals surface area contributed by atoms with Gasteiger partial charge in [-0.1, -0.05) is 17.7 Å². The number of rotatable bonds is 2. The standard InChI is InChI=1S/C17H19NO2/c1-11-9-12(2)16(13(3)10-11)17(20)18(4)14-5-7-15(19)8-6-14/h5-10,19H,1-4H3. The molecule has 0 atom stereocenters. The van der Waals surface area contributed by atoms with Crippen molar-refractivity contribution in [1.82, 2.24) is 0 Å². The fraction of sp³-hybridized carbons (Fsp3) is 0.235. The van der Waals surface area contributed by atoms with Crippen molar-refractivity contribution in [1.29, 1.82) is 0 Å². The molecule has 0 aliphatic carbocycles. The number of carbonyl (C=O) groups is 1. The van der Waals surface area contributed by atoms with Crippen molar-refractivity contribution >= 4 is 11.6 Å². The first-order chi connectivity index (χ1) is 9.40. The average molecular weight is 269 g/mol. The Balaban J connectivity index is 2.39. The molecule has 0 bridgehead atoms. The summed E-state index contributed by atoms with van der Waals surface area (Å²) >= 11 is 0. The van der Waals surface area contributed by atoms with Crippen LogP contribution in [-0.2, 0) is 0 Å². The van der Waals surface area contributed by atoms with E-state index in [1.165, 1.54) is 0 Å². The minimum Gasteiger partial charge on any atom is -0.508 e. The molecule has 0 unspecified atom stereocenters. The topological polar surface area (TPSA) is 40.5 Å². The van der Waals surface area contributed by atoms with E-state index in [9.17, 15) is 9.90 Å². The van der Waals surface area contributed by atoms with E-state index in [0.29, 0.717) is 0 Å². The van der Waals surface area contributed by atoms with Gasteiger partial charge in [-0.2, -0.15) is 0 Å². The quantitative estimate of drug-likeness (QED) is 0.905. The zero-order valence-electron chi connectivity index (χ0n) is 12.3. The maximum absolute atomic E-state index is 12.6. The summed E-state index contributed by atoms with van der Waals surface area (Å²) in [6.07, 6.45) is 0. The maximum atomic E-state index is 12.6. The van der Waals surface area contributed by atoms with Crippen LogP contribution < -0.4 is 4.90 Å². The first kappa shape index (κ1) is 14.1. The van der Waals surface area contributed by atoms with Crippen LogP contribution in [-0.4, -0.2) is 18.1 Å². The second-order valence-corrected chi connectivity index (χ2v) is 5.15. The Morgan fingerprint density at radius 2 is 1.50 bits per heavy atom. The molecule has 104 valence electrons. The number of nitrogens with zero attached hydrogens (tertiary/aromatic N) is 1. The van der Waals surface area contributed by atoms with Gasteiger partial charge in [0.1, 0.15) is 5.75 Å². The minimum absolute atomic E-state index is 0.0364. The Morgan fingerprint density at radius 1 is 1.00 bits per heavy atom. The van der Waals surface area contributed by atoms with Crippen LogP contribution in [0.15, 0.2) is 36.4 Å². The average Bonchev–Trinajstić information content (AvgIpc) is 2.37. The van der Waals surface area contributed by atoms with Crippen LogP contribution in [0.4, 0.5) is 5.69 Å². The third-order valence-corrected chi connectivity index (χ3v) is 3.43. The summed E-state index contributed by atoms with van der Waals surface area (Å²) in [5.74, 6) is 0.156. The van der Waals surface area contributed by atoms with Crippen LogP contribution in [0.25, 0.3) is 0 Å². The number of aromatic hydroxyl groups is 1. The lowest BCUT2D eigenvalue weighted by molar-refractivity contribution is 0.0992.